The van der Waals surface area contributed by atoms with Gasteiger partial charge in [0.2, 0.25) is 0 Å². The van der Waals surface area contributed by atoms with Crippen molar-refractivity contribution in [3.8, 4) is 5.75 Å². The number of ether oxygens (including phenoxy) is 2. The maximum Gasteiger partial charge on any atom is 0.338 e. The number of benzene rings is 3. The Morgan fingerprint density at radius 3 is 1.63 bits per heavy atom. The molecule has 2 fully saturated rings. The van der Waals surface area contributed by atoms with Crippen molar-refractivity contribution in [3.05, 3.63) is 101 Å². The van der Waals surface area contributed by atoms with Crippen molar-refractivity contribution < 1.29 is 14.3 Å². The lowest BCUT2D eigenvalue weighted by atomic mass is 9.77. The number of hydrogen-bond donors (Lipinski definition) is 0. The number of carbonyl (C=O) groups is 1. The van der Waals surface area contributed by atoms with Crippen LogP contribution < -0.4 is 4.74 Å². The molecule has 2 aliphatic rings. The topological polar surface area (TPSA) is 35.5 Å². The number of hydrogen-bond acceptors (Lipinski definition) is 3. The first kappa shape index (κ1) is 34.3. The summed E-state index contributed by atoms with van der Waals surface area (Å²) in [6.07, 6.45) is 21.0. The van der Waals surface area contributed by atoms with Crippen LogP contribution in [0.3, 0.4) is 0 Å². The first-order valence-electron chi connectivity index (χ1n) is 18.7. The van der Waals surface area contributed by atoms with Gasteiger partial charge in [0.25, 0.3) is 0 Å². The minimum Gasteiger partial charge on any atom is -0.482 e. The van der Waals surface area contributed by atoms with Crippen LogP contribution in [0.15, 0.2) is 78.9 Å². The van der Waals surface area contributed by atoms with E-state index in [1.54, 1.807) is 0 Å². The van der Waals surface area contributed by atoms with E-state index in [1.807, 2.05) is 42.5 Å². The van der Waals surface area contributed by atoms with Gasteiger partial charge in [-0.25, -0.2) is 4.79 Å². The summed E-state index contributed by atoms with van der Waals surface area (Å²) >= 11 is 0. The van der Waals surface area contributed by atoms with E-state index in [1.165, 1.54) is 114 Å². The Morgan fingerprint density at radius 2 is 1.13 bits per heavy atom. The summed E-state index contributed by atoms with van der Waals surface area (Å²) in [6.45, 7) is 4.74. The lowest BCUT2D eigenvalue weighted by Gasteiger charge is -2.29. The van der Waals surface area contributed by atoms with Crippen LogP contribution in [-0.2, 0) is 4.74 Å². The molecule has 5 rings (SSSR count). The Hall–Kier alpha value is -3.07. The Labute approximate surface area is 279 Å². The van der Waals surface area contributed by atoms with E-state index in [4.69, 9.17) is 9.47 Å². The van der Waals surface area contributed by atoms with Gasteiger partial charge < -0.3 is 9.47 Å². The highest BCUT2D eigenvalue weighted by Crippen LogP contribution is 2.39. The minimum absolute atomic E-state index is 0.163. The molecule has 0 aromatic heterocycles. The quantitative estimate of drug-likeness (QED) is 0.118. The summed E-state index contributed by atoms with van der Waals surface area (Å²) in [5.41, 5.74) is 4.39. The van der Waals surface area contributed by atoms with Gasteiger partial charge in [0.15, 0.2) is 6.10 Å². The molecule has 0 radical (unpaired) electrons. The second kappa shape index (κ2) is 18.3. The predicted molar refractivity (Wildman–Crippen MR) is 191 cm³/mol. The second-order valence-corrected chi connectivity index (χ2v) is 14.2. The average Bonchev–Trinajstić information content (AvgIpc) is 3.11. The molecule has 0 spiro atoms. The van der Waals surface area contributed by atoms with Crippen LogP contribution >= 0.6 is 0 Å². The van der Waals surface area contributed by atoms with Crippen molar-refractivity contribution >= 4 is 5.97 Å². The van der Waals surface area contributed by atoms with Gasteiger partial charge in [-0.3, -0.25) is 0 Å². The van der Waals surface area contributed by atoms with E-state index in [-0.39, 0.29) is 18.7 Å². The zero-order chi connectivity index (χ0) is 32.0. The first-order chi connectivity index (χ1) is 22.6. The van der Waals surface area contributed by atoms with E-state index in [9.17, 15) is 4.79 Å². The van der Waals surface area contributed by atoms with Crippen molar-refractivity contribution in [2.45, 2.75) is 135 Å². The molecule has 3 nitrogen and oxygen atoms in total. The minimum atomic E-state index is -0.374. The number of rotatable bonds is 16. The largest absolute Gasteiger partial charge is 0.482 e. The van der Waals surface area contributed by atoms with Gasteiger partial charge in [0.1, 0.15) is 12.4 Å². The zero-order valence-electron chi connectivity index (χ0n) is 28.6. The first-order valence-corrected chi connectivity index (χ1v) is 18.7. The van der Waals surface area contributed by atoms with E-state index < -0.39 is 0 Å². The van der Waals surface area contributed by atoms with Crippen molar-refractivity contribution in [3.63, 3.8) is 0 Å². The van der Waals surface area contributed by atoms with E-state index >= 15 is 0 Å². The number of unbranched alkanes of at least 4 members (excludes halogenated alkanes) is 4. The lowest BCUT2D eigenvalue weighted by Crippen LogP contribution is -2.18. The molecule has 0 saturated heterocycles. The van der Waals surface area contributed by atoms with Gasteiger partial charge in [-0.05, 0) is 116 Å². The smallest absolute Gasteiger partial charge is 0.338 e. The summed E-state index contributed by atoms with van der Waals surface area (Å²) in [7, 11) is 0. The summed E-state index contributed by atoms with van der Waals surface area (Å²) in [5.74, 6) is 3.60. The van der Waals surface area contributed by atoms with Crippen LogP contribution in [0.2, 0.25) is 0 Å². The molecule has 0 heterocycles. The Balaban J connectivity index is 1.12. The van der Waals surface area contributed by atoms with Crippen LogP contribution in [0.1, 0.15) is 162 Å². The number of esters is 1. The van der Waals surface area contributed by atoms with Crippen molar-refractivity contribution in [2.24, 2.45) is 11.8 Å². The number of carbonyl (C=O) groups excluding carboxylic acids is 1. The normalized spacial score (nSPS) is 22.2. The highest BCUT2D eigenvalue weighted by Gasteiger charge is 2.24. The molecule has 2 aliphatic carbocycles. The molecule has 2 saturated carbocycles. The molecule has 3 aromatic rings. The molecule has 3 aromatic carbocycles. The molecular formula is C43H58O3. The van der Waals surface area contributed by atoms with Crippen LogP contribution in [-0.4, -0.2) is 12.6 Å². The molecule has 1 unspecified atom stereocenters. The van der Waals surface area contributed by atoms with Crippen molar-refractivity contribution in [1.29, 1.82) is 0 Å². The van der Waals surface area contributed by atoms with E-state index in [0.29, 0.717) is 17.4 Å². The van der Waals surface area contributed by atoms with E-state index in [0.717, 1.165) is 23.1 Å². The van der Waals surface area contributed by atoms with E-state index in [2.05, 4.69) is 50.2 Å². The fraction of sp³-hybridized carbons (Fsp3) is 0.558. The maximum absolute atomic E-state index is 13.1. The molecular weight excluding hydrogens is 564 g/mol. The molecule has 248 valence electrons. The third kappa shape index (κ3) is 10.2. The molecule has 0 aliphatic heterocycles. The summed E-state index contributed by atoms with van der Waals surface area (Å²) in [5, 5.41) is 0. The maximum atomic E-state index is 13.1. The highest BCUT2D eigenvalue weighted by molar-refractivity contribution is 5.89. The third-order valence-electron chi connectivity index (χ3n) is 10.9. The second-order valence-electron chi connectivity index (χ2n) is 14.2. The van der Waals surface area contributed by atoms with Crippen LogP contribution in [0.25, 0.3) is 0 Å². The summed E-state index contributed by atoms with van der Waals surface area (Å²) in [6, 6.07) is 26.9. The Bertz CT molecular complexity index is 1270. The van der Waals surface area contributed by atoms with Crippen molar-refractivity contribution in [1.82, 2.24) is 0 Å². The van der Waals surface area contributed by atoms with Gasteiger partial charge in [-0.2, -0.15) is 0 Å². The predicted octanol–water partition coefficient (Wildman–Crippen LogP) is 12.4. The SMILES string of the molecule is CCCCCC1CCC(c2ccc(OC(COC(=O)c3ccc(C4CCC(CCCCC)CC4)cc3)c3ccccc3)cc2)CC1. The fourth-order valence-electron chi connectivity index (χ4n) is 7.91. The van der Waals surface area contributed by atoms with Crippen molar-refractivity contribution in [2.75, 3.05) is 6.61 Å². The molecule has 1 atom stereocenters. The molecule has 3 heteroatoms. The van der Waals surface area contributed by atoms with Crippen LogP contribution in [0.5, 0.6) is 5.75 Å². The van der Waals surface area contributed by atoms with Gasteiger partial charge in [0.05, 0.1) is 5.56 Å². The zero-order valence-corrected chi connectivity index (χ0v) is 28.6. The third-order valence-corrected chi connectivity index (χ3v) is 10.9. The van der Waals surface area contributed by atoms with Gasteiger partial charge in [-0.15, -0.1) is 0 Å². The Kier molecular flexibility index (Phi) is 13.6. The molecule has 0 amide bonds. The summed E-state index contributed by atoms with van der Waals surface area (Å²) < 4.78 is 12.3. The van der Waals surface area contributed by atoms with Crippen LogP contribution in [0, 0.1) is 11.8 Å². The van der Waals surface area contributed by atoms with Crippen LogP contribution in [0.4, 0.5) is 0 Å². The summed E-state index contributed by atoms with van der Waals surface area (Å²) in [4.78, 5) is 13.1. The van der Waals surface area contributed by atoms with Gasteiger partial charge in [0, 0.05) is 0 Å². The highest BCUT2D eigenvalue weighted by atomic mass is 16.6. The monoisotopic (exact) mass is 622 g/mol. The average molecular weight is 623 g/mol. The fourth-order valence-corrected chi connectivity index (χ4v) is 7.91. The van der Waals surface area contributed by atoms with Gasteiger partial charge in [-0.1, -0.05) is 120 Å². The standard InChI is InChI=1S/C43H58O3/c1-3-5-8-12-33-16-20-35(21-17-33)37-24-26-40(27-25-37)43(44)45-32-42(39-14-10-7-11-15-39)46-41-30-28-38(29-31-41)36-22-18-34(19-23-36)13-9-6-4-2/h7,10-11,14-15,24-31,33-36,42H,3-6,8-9,12-13,16-23,32H2,1-2H3. The van der Waals surface area contributed by atoms with Gasteiger partial charge >= 0.3 is 5.97 Å². The molecule has 46 heavy (non-hydrogen) atoms. The molecule has 0 bridgehead atoms. The lowest BCUT2D eigenvalue weighted by molar-refractivity contribution is 0.0309. The Morgan fingerprint density at radius 1 is 0.630 bits per heavy atom. The molecule has 0 N–H and O–H groups in total.